The van der Waals surface area contributed by atoms with Crippen LogP contribution in [0.3, 0.4) is 0 Å². The summed E-state index contributed by atoms with van der Waals surface area (Å²) in [6.45, 7) is 6.37. The summed E-state index contributed by atoms with van der Waals surface area (Å²) in [4.78, 5) is 27.7. The van der Waals surface area contributed by atoms with Gasteiger partial charge in [0.2, 0.25) is 0 Å². The molecule has 4 atom stereocenters. The molecule has 7 rings (SSSR count). The van der Waals surface area contributed by atoms with Gasteiger partial charge in [-0.15, -0.1) is 0 Å². The van der Waals surface area contributed by atoms with Crippen LogP contribution in [0, 0.1) is 5.92 Å². The second kappa shape index (κ2) is 6.81. The fraction of sp³-hybridized carbons (Fsp3) is 0.400. The smallest absolute Gasteiger partial charge is 0.258 e. The number of rotatable bonds is 0. The van der Waals surface area contributed by atoms with Crippen molar-refractivity contribution in [3.05, 3.63) is 80.4 Å². The Labute approximate surface area is 209 Å². The van der Waals surface area contributed by atoms with Gasteiger partial charge >= 0.3 is 0 Å². The number of hydrogen-bond donors (Lipinski definition) is 0. The normalized spacial score (nSPS) is 27.5. The summed E-state index contributed by atoms with van der Waals surface area (Å²) < 4.78 is 17.0. The molecular weight excluding hydrogens is 452 g/mol. The molecule has 0 unspecified atom stereocenters. The number of hydrogen-bond acceptors (Lipinski definition) is 4. The Morgan fingerprint density at radius 2 is 1.17 bits per heavy atom. The van der Waals surface area contributed by atoms with Gasteiger partial charge in [0, 0.05) is 42.6 Å². The van der Waals surface area contributed by atoms with Crippen molar-refractivity contribution in [1.29, 1.82) is 0 Å². The van der Waals surface area contributed by atoms with E-state index in [1.54, 1.807) is 9.13 Å². The van der Waals surface area contributed by atoms with E-state index in [0.717, 1.165) is 39.4 Å². The number of pyridine rings is 2. The van der Waals surface area contributed by atoms with Crippen LogP contribution in [0.4, 0.5) is 0 Å². The van der Waals surface area contributed by atoms with Crippen LogP contribution < -0.4 is 20.6 Å². The molecular formula is C30H30N2O4. The maximum absolute atomic E-state index is 13.8. The molecule has 0 amide bonds. The molecule has 2 aromatic carbocycles. The highest BCUT2D eigenvalue weighted by atomic mass is 16.5. The number of aromatic nitrogens is 2. The monoisotopic (exact) mass is 482 g/mol. The molecule has 184 valence electrons. The molecule has 2 bridgehead atoms. The lowest BCUT2D eigenvalue weighted by Gasteiger charge is -2.57. The second-order valence-electron chi connectivity index (χ2n) is 11.7. The van der Waals surface area contributed by atoms with Crippen LogP contribution in [0.5, 0.6) is 11.5 Å². The highest BCUT2D eigenvalue weighted by molar-refractivity contribution is 5.88. The quantitative estimate of drug-likeness (QED) is 0.354. The van der Waals surface area contributed by atoms with Crippen molar-refractivity contribution >= 4 is 21.8 Å². The molecule has 1 fully saturated rings. The van der Waals surface area contributed by atoms with Crippen molar-refractivity contribution in [2.24, 2.45) is 20.0 Å². The molecule has 1 aliphatic carbocycles. The number of fused-ring (bicyclic) bond motifs is 12. The Morgan fingerprint density at radius 1 is 0.722 bits per heavy atom. The zero-order valence-electron chi connectivity index (χ0n) is 21.3. The highest BCUT2D eigenvalue weighted by Gasteiger charge is 2.59. The van der Waals surface area contributed by atoms with Crippen molar-refractivity contribution in [2.75, 3.05) is 0 Å². The highest BCUT2D eigenvalue weighted by Crippen LogP contribution is 2.62. The van der Waals surface area contributed by atoms with Crippen LogP contribution >= 0.6 is 0 Å². The van der Waals surface area contributed by atoms with Crippen molar-refractivity contribution in [3.63, 3.8) is 0 Å². The van der Waals surface area contributed by atoms with Crippen LogP contribution in [0.15, 0.2) is 58.1 Å². The molecule has 1 saturated carbocycles. The minimum atomic E-state index is -0.579. The number of para-hydroxylation sites is 2. The number of aryl methyl sites for hydroxylation is 2. The summed E-state index contributed by atoms with van der Waals surface area (Å²) in [7, 11) is 3.66. The molecule has 4 aromatic rings. The van der Waals surface area contributed by atoms with Gasteiger partial charge in [0.25, 0.3) is 11.1 Å². The molecule has 2 aliphatic heterocycles. The third-order valence-electron chi connectivity index (χ3n) is 9.01. The lowest BCUT2D eigenvalue weighted by atomic mass is 9.56. The molecule has 0 N–H and O–H groups in total. The van der Waals surface area contributed by atoms with Gasteiger partial charge < -0.3 is 18.6 Å². The molecule has 3 aliphatic rings. The Kier molecular flexibility index (Phi) is 4.11. The first-order chi connectivity index (χ1) is 17.1. The Bertz CT molecular complexity index is 1630. The zero-order valence-corrected chi connectivity index (χ0v) is 21.3. The van der Waals surface area contributed by atoms with Crippen LogP contribution in [0.1, 0.15) is 56.6 Å². The van der Waals surface area contributed by atoms with E-state index in [4.69, 9.17) is 9.47 Å². The van der Waals surface area contributed by atoms with E-state index < -0.39 is 11.2 Å². The standard InChI is InChI=1S/C30H30N2O4/c1-29(2)24-18(22-25(35-29)16-10-6-8-12-20(16)31(4)27(22)33)14-30(3)15-19(24)23-26(36-30)17-11-7-9-13-21(17)32(5)28(23)34/h6-13,18-19,24H,14-15H2,1-5H3/t18-,19-,24-,30+/m0/s1. The van der Waals surface area contributed by atoms with E-state index >= 15 is 0 Å². The maximum Gasteiger partial charge on any atom is 0.258 e. The Morgan fingerprint density at radius 3 is 1.67 bits per heavy atom. The van der Waals surface area contributed by atoms with Crippen LogP contribution in [-0.2, 0) is 14.1 Å². The molecule has 0 saturated heterocycles. The maximum atomic E-state index is 13.8. The van der Waals surface area contributed by atoms with Gasteiger partial charge in [0.15, 0.2) is 0 Å². The van der Waals surface area contributed by atoms with Crippen molar-refractivity contribution < 1.29 is 9.47 Å². The molecule has 0 spiro atoms. The topological polar surface area (TPSA) is 62.5 Å². The first-order valence-electron chi connectivity index (χ1n) is 12.7. The third kappa shape index (κ3) is 2.62. The Balaban J connectivity index is 1.54. The first kappa shape index (κ1) is 21.7. The largest absolute Gasteiger partial charge is 0.486 e. The lowest BCUT2D eigenvalue weighted by molar-refractivity contribution is -0.0798. The summed E-state index contributed by atoms with van der Waals surface area (Å²) in [6, 6.07) is 15.9. The average Bonchev–Trinajstić information content (AvgIpc) is 2.84. The summed E-state index contributed by atoms with van der Waals surface area (Å²) in [5.41, 5.74) is 2.06. The molecule has 6 heteroatoms. The average molecular weight is 483 g/mol. The van der Waals surface area contributed by atoms with Gasteiger partial charge in [0.1, 0.15) is 22.7 Å². The minimum absolute atomic E-state index is 0.0237. The van der Waals surface area contributed by atoms with Crippen LogP contribution in [-0.4, -0.2) is 20.3 Å². The van der Waals surface area contributed by atoms with Gasteiger partial charge in [-0.1, -0.05) is 24.3 Å². The van der Waals surface area contributed by atoms with Crippen LogP contribution in [0.25, 0.3) is 21.8 Å². The predicted octanol–water partition coefficient (Wildman–Crippen LogP) is 4.99. The number of ether oxygens (including phenoxy) is 2. The molecule has 0 radical (unpaired) electrons. The lowest BCUT2D eigenvalue weighted by Crippen LogP contribution is -2.58. The number of nitrogens with zero attached hydrogens (tertiary/aromatic N) is 2. The Hall–Kier alpha value is -3.54. The van der Waals surface area contributed by atoms with E-state index in [9.17, 15) is 9.59 Å². The molecule has 2 aromatic heterocycles. The van der Waals surface area contributed by atoms with Crippen molar-refractivity contribution in [3.8, 4) is 11.5 Å². The predicted molar refractivity (Wildman–Crippen MR) is 140 cm³/mol. The zero-order chi connectivity index (χ0) is 25.1. The van der Waals surface area contributed by atoms with Crippen LogP contribution in [0.2, 0.25) is 0 Å². The fourth-order valence-electron chi connectivity index (χ4n) is 7.60. The van der Waals surface area contributed by atoms with Gasteiger partial charge in [-0.25, -0.2) is 0 Å². The number of benzene rings is 2. The van der Waals surface area contributed by atoms with Gasteiger partial charge in [-0.3, -0.25) is 9.59 Å². The van der Waals surface area contributed by atoms with E-state index in [-0.39, 0.29) is 28.9 Å². The summed E-state index contributed by atoms with van der Waals surface area (Å²) in [6.07, 6.45) is 1.43. The molecule has 6 nitrogen and oxygen atoms in total. The van der Waals surface area contributed by atoms with E-state index in [2.05, 4.69) is 20.8 Å². The van der Waals surface area contributed by atoms with Crippen molar-refractivity contribution in [2.45, 2.75) is 56.7 Å². The van der Waals surface area contributed by atoms with Crippen molar-refractivity contribution in [1.82, 2.24) is 9.13 Å². The van der Waals surface area contributed by atoms with E-state index in [1.165, 1.54) is 0 Å². The first-order valence-corrected chi connectivity index (χ1v) is 12.7. The molecule has 36 heavy (non-hydrogen) atoms. The van der Waals surface area contributed by atoms with Gasteiger partial charge in [-0.05, 0) is 57.9 Å². The summed E-state index contributed by atoms with van der Waals surface area (Å²) in [5, 5.41) is 1.91. The fourth-order valence-corrected chi connectivity index (χ4v) is 7.60. The van der Waals surface area contributed by atoms with E-state index in [0.29, 0.717) is 17.9 Å². The van der Waals surface area contributed by atoms with Gasteiger partial charge in [0.05, 0.1) is 22.2 Å². The second-order valence-corrected chi connectivity index (χ2v) is 11.7. The summed E-state index contributed by atoms with van der Waals surface area (Å²) >= 11 is 0. The van der Waals surface area contributed by atoms with E-state index in [1.807, 2.05) is 62.6 Å². The van der Waals surface area contributed by atoms with Gasteiger partial charge in [-0.2, -0.15) is 0 Å². The summed E-state index contributed by atoms with van der Waals surface area (Å²) in [5.74, 6) is 1.19. The molecule has 4 heterocycles. The third-order valence-corrected chi connectivity index (χ3v) is 9.01. The SMILES string of the molecule is Cn1c(=O)c2c(c3ccccc31)OC(C)(C)[C@H]1[C@H]2C[C@]2(C)C[C@H]1c1c(c3ccccc3n(C)c1=O)O2. The minimum Gasteiger partial charge on any atom is -0.486 e.